The molecule has 0 amide bonds. The standard InChI is InChI=1S/C21H31N5.HI/c1-5-22-21(24-16-19-13-14-23-20(15-19)26(3)4)25-17(2)11-12-18-9-7-6-8-10-18;/h6-10,13-15,17H,5,11-12,16H2,1-4H3,(H2,22,24,25);1H. The largest absolute Gasteiger partial charge is 0.363 e. The SMILES string of the molecule is CCNC(=NCc1ccnc(N(C)C)c1)NC(C)CCc1ccccc1.I. The van der Waals surface area contributed by atoms with Crippen LogP contribution in [0.25, 0.3) is 0 Å². The molecule has 1 aromatic carbocycles. The topological polar surface area (TPSA) is 52.6 Å². The lowest BCUT2D eigenvalue weighted by Crippen LogP contribution is -2.42. The van der Waals surface area contributed by atoms with Gasteiger partial charge in [0.15, 0.2) is 5.96 Å². The fraction of sp³-hybridized carbons (Fsp3) is 0.429. The predicted octanol–water partition coefficient (Wildman–Crippen LogP) is 3.84. The van der Waals surface area contributed by atoms with Crippen LogP contribution in [0.5, 0.6) is 0 Å². The van der Waals surface area contributed by atoms with Crippen LogP contribution in [0.3, 0.4) is 0 Å². The van der Waals surface area contributed by atoms with Crippen molar-refractivity contribution >= 4 is 35.8 Å². The molecule has 2 aromatic rings. The van der Waals surface area contributed by atoms with E-state index < -0.39 is 0 Å². The van der Waals surface area contributed by atoms with Crippen LogP contribution in [0.4, 0.5) is 5.82 Å². The number of hydrogen-bond donors (Lipinski definition) is 2. The lowest BCUT2D eigenvalue weighted by atomic mass is 10.1. The van der Waals surface area contributed by atoms with Crippen LogP contribution in [-0.4, -0.2) is 37.6 Å². The maximum atomic E-state index is 4.73. The molecule has 0 bridgehead atoms. The zero-order valence-corrected chi connectivity index (χ0v) is 19.1. The zero-order chi connectivity index (χ0) is 18.8. The Morgan fingerprint density at radius 2 is 1.89 bits per heavy atom. The smallest absolute Gasteiger partial charge is 0.191 e. The molecule has 1 unspecified atom stereocenters. The number of rotatable bonds is 8. The van der Waals surface area contributed by atoms with Crippen LogP contribution in [0.2, 0.25) is 0 Å². The lowest BCUT2D eigenvalue weighted by Gasteiger charge is -2.18. The average molecular weight is 481 g/mol. The number of aryl methyl sites for hydroxylation is 1. The molecule has 1 atom stereocenters. The highest BCUT2D eigenvalue weighted by atomic mass is 127. The van der Waals surface area contributed by atoms with E-state index in [9.17, 15) is 0 Å². The van der Waals surface area contributed by atoms with Gasteiger partial charge in [-0.3, -0.25) is 0 Å². The molecule has 6 heteroatoms. The van der Waals surface area contributed by atoms with Crippen molar-refractivity contribution < 1.29 is 0 Å². The summed E-state index contributed by atoms with van der Waals surface area (Å²) in [5.41, 5.74) is 2.52. The summed E-state index contributed by atoms with van der Waals surface area (Å²) in [6, 6.07) is 15.0. The molecule has 27 heavy (non-hydrogen) atoms. The molecule has 5 nitrogen and oxygen atoms in total. The summed E-state index contributed by atoms with van der Waals surface area (Å²) in [6.45, 7) is 5.76. The first-order valence-electron chi connectivity index (χ1n) is 9.29. The van der Waals surface area contributed by atoms with Crippen molar-refractivity contribution in [2.75, 3.05) is 25.5 Å². The summed E-state index contributed by atoms with van der Waals surface area (Å²) >= 11 is 0. The van der Waals surface area contributed by atoms with Gasteiger partial charge in [0.1, 0.15) is 5.82 Å². The Kier molecular flexibility index (Phi) is 10.8. The third-order valence-electron chi connectivity index (χ3n) is 4.12. The fourth-order valence-electron chi connectivity index (χ4n) is 2.63. The van der Waals surface area contributed by atoms with Crippen molar-refractivity contribution in [3.05, 3.63) is 59.8 Å². The monoisotopic (exact) mass is 481 g/mol. The van der Waals surface area contributed by atoms with Gasteiger partial charge in [-0.05, 0) is 49.9 Å². The van der Waals surface area contributed by atoms with E-state index in [-0.39, 0.29) is 24.0 Å². The molecular formula is C21H32IN5. The van der Waals surface area contributed by atoms with Crippen molar-refractivity contribution in [1.29, 1.82) is 0 Å². The van der Waals surface area contributed by atoms with Gasteiger partial charge in [-0.15, -0.1) is 24.0 Å². The summed E-state index contributed by atoms with van der Waals surface area (Å²) in [6.07, 6.45) is 3.96. The van der Waals surface area contributed by atoms with Crippen molar-refractivity contribution in [3.63, 3.8) is 0 Å². The van der Waals surface area contributed by atoms with Gasteiger partial charge in [0, 0.05) is 32.9 Å². The molecule has 2 rings (SSSR count). The number of aliphatic imine (C=N–C) groups is 1. The maximum absolute atomic E-state index is 4.73. The molecule has 0 spiro atoms. The number of guanidine groups is 1. The molecule has 0 radical (unpaired) electrons. The van der Waals surface area contributed by atoms with Crippen molar-refractivity contribution in [3.8, 4) is 0 Å². The van der Waals surface area contributed by atoms with Crippen LogP contribution in [0, 0.1) is 0 Å². The van der Waals surface area contributed by atoms with Crippen LogP contribution in [-0.2, 0) is 13.0 Å². The van der Waals surface area contributed by atoms with E-state index in [0.717, 1.165) is 36.7 Å². The number of hydrogen-bond acceptors (Lipinski definition) is 3. The first-order valence-corrected chi connectivity index (χ1v) is 9.29. The van der Waals surface area contributed by atoms with Crippen LogP contribution in [0.1, 0.15) is 31.4 Å². The molecule has 1 heterocycles. The van der Waals surface area contributed by atoms with Gasteiger partial charge < -0.3 is 15.5 Å². The van der Waals surface area contributed by atoms with Crippen molar-refractivity contribution in [2.45, 2.75) is 39.3 Å². The van der Waals surface area contributed by atoms with Crippen LogP contribution in [0.15, 0.2) is 53.7 Å². The van der Waals surface area contributed by atoms with E-state index in [1.54, 1.807) is 0 Å². The van der Waals surface area contributed by atoms with Gasteiger partial charge in [0.25, 0.3) is 0 Å². The number of pyridine rings is 1. The number of nitrogens with zero attached hydrogens (tertiary/aromatic N) is 3. The average Bonchev–Trinajstić information content (AvgIpc) is 2.66. The molecule has 2 N–H and O–H groups in total. The molecular weight excluding hydrogens is 449 g/mol. The third-order valence-corrected chi connectivity index (χ3v) is 4.12. The van der Waals surface area contributed by atoms with E-state index in [4.69, 9.17) is 4.99 Å². The van der Waals surface area contributed by atoms with Crippen LogP contribution < -0.4 is 15.5 Å². The first-order chi connectivity index (χ1) is 12.6. The molecule has 148 valence electrons. The second-order valence-corrected chi connectivity index (χ2v) is 6.68. The minimum Gasteiger partial charge on any atom is -0.363 e. The number of halogens is 1. The Balaban J connectivity index is 0.00000364. The summed E-state index contributed by atoms with van der Waals surface area (Å²) in [5, 5.41) is 6.84. The number of aromatic nitrogens is 1. The molecule has 0 aliphatic carbocycles. The van der Waals surface area contributed by atoms with Gasteiger partial charge in [-0.1, -0.05) is 30.3 Å². The highest BCUT2D eigenvalue weighted by Crippen LogP contribution is 2.10. The Morgan fingerprint density at radius 1 is 1.15 bits per heavy atom. The van der Waals surface area contributed by atoms with Gasteiger partial charge in [0.2, 0.25) is 0 Å². The van der Waals surface area contributed by atoms with Crippen molar-refractivity contribution in [2.24, 2.45) is 4.99 Å². The van der Waals surface area contributed by atoms with E-state index in [2.05, 4.69) is 65.9 Å². The minimum atomic E-state index is 0. The maximum Gasteiger partial charge on any atom is 0.191 e. The second kappa shape index (κ2) is 12.5. The minimum absolute atomic E-state index is 0. The number of nitrogens with one attached hydrogen (secondary N) is 2. The molecule has 0 fully saturated rings. The van der Waals surface area contributed by atoms with E-state index in [1.165, 1.54) is 5.56 Å². The zero-order valence-electron chi connectivity index (χ0n) is 16.8. The van der Waals surface area contributed by atoms with E-state index in [0.29, 0.717) is 12.6 Å². The van der Waals surface area contributed by atoms with E-state index >= 15 is 0 Å². The van der Waals surface area contributed by atoms with Crippen LogP contribution >= 0.6 is 24.0 Å². The second-order valence-electron chi connectivity index (χ2n) is 6.68. The summed E-state index contributed by atoms with van der Waals surface area (Å²) in [5.74, 6) is 1.81. The van der Waals surface area contributed by atoms with Gasteiger partial charge >= 0.3 is 0 Å². The predicted molar refractivity (Wildman–Crippen MR) is 126 cm³/mol. The Morgan fingerprint density at radius 3 is 2.56 bits per heavy atom. The summed E-state index contributed by atoms with van der Waals surface area (Å²) in [4.78, 5) is 11.1. The first kappa shape index (κ1) is 23.2. The Hall–Kier alpha value is -1.83. The third kappa shape index (κ3) is 8.60. The highest BCUT2D eigenvalue weighted by Gasteiger charge is 2.06. The molecule has 1 aromatic heterocycles. The molecule has 0 saturated heterocycles. The quantitative estimate of drug-likeness (QED) is 0.342. The Bertz CT molecular complexity index is 688. The van der Waals surface area contributed by atoms with Gasteiger partial charge in [-0.25, -0.2) is 9.98 Å². The van der Waals surface area contributed by atoms with Gasteiger partial charge in [-0.2, -0.15) is 0 Å². The lowest BCUT2D eigenvalue weighted by molar-refractivity contribution is 0.593. The van der Waals surface area contributed by atoms with E-state index in [1.807, 2.05) is 31.3 Å². The van der Waals surface area contributed by atoms with Gasteiger partial charge in [0.05, 0.1) is 6.54 Å². The molecule has 0 saturated carbocycles. The normalized spacial score (nSPS) is 12.1. The number of benzene rings is 1. The molecule has 0 aliphatic heterocycles. The fourth-order valence-corrected chi connectivity index (χ4v) is 2.63. The summed E-state index contributed by atoms with van der Waals surface area (Å²) in [7, 11) is 3.99. The molecule has 0 aliphatic rings. The highest BCUT2D eigenvalue weighted by molar-refractivity contribution is 14.0. The van der Waals surface area contributed by atoms with Crippen molar-refractivity contribution in [1.82, 2.24) is 15.6 Å². The Labute approximate surface area is 180 Å². The number of anilines is 1. The summed E-state index contributed by atoms with van der Waals surface area (Å²) < 4.78 is 0.